The third-order valence-electron chi connectivity index (χ3n) is 3.31. The Labute approximate surface area is 128 Å². The zero-order valence-electron chi connectivity index (χ0n) is 11.7. The van der Waals surface area contributed by atoms with Crippen LogP contribution in [0.3, 0.4) is 0 Å². The summed E-state index contributed by atoms with van der Waals surface area (Å²) in [5.41, 5.74) is 5.34. The number of halogens is 1. The van der Waals surface area contributed by atoms with E-state index in [1.165, 1.54) is 4.90 Å². The van der Waals surface area contributed by atoms with E-state index in [0.717, 1.165) is 0 Å². The van der Waals surface area contributed by atoms with Gasteiger partial charge in [0.25, 0.3) is 5.91 Å². The van der Waals surface area contributed by atoms with Crippen LogP contribution in [-0.4, -0.2) is 48.5 Å². The second-order valence-corrected chi connectivity index (χ2v) is 5.31. The van der Waals surface area contributed by atoms with Gasteiger partial charge in [-0.05, 0) is 25.1 Å². The molecule has 2 atom stereocenters. The number of carbonyl (C=O) groups excluding carboxylic acids is 2. The molecule has 1 aliphatic heterocycles. The number of nitrogens with one attached hydrogen (secondary N) is 1. The molecule has 2 amide bonds. The Morgan fingerprint density at radius 1 is 1.52 bits per heavy atom. The molecule has 2 unspecified atom stereocenters. The molecule has 1 fully saturated rings. The quantitative estimate of drug-likeness (QED) is 0.842. The largest absolute Gasteiger partial charge is 0.481 e. The highest BCUT2D eigenvalue weighted by Crippen LogP contribution is 2.19. The molecule has 1 heterocycles. The summed E-state index contributed by atoms with van der Waals surface area (Å²) in [7, 11) is 0. The molecule has 0 bridgehead atoms. The standard InChI is InChI=1S/C14H18ClN3O3/c1-9(21-11-4-2-3-10(15)7-11)14(20)18-6-5-17-8-12(18)13(16)19/h2-4,7,9,12,17H,5-6,8H2,1H3,(H2,16,19). The van der Waals surface area contributed by atoms with E-state index in [1.54, 1.807) is 31.2 Å². The maximum absolute atomic E-state index is 12.4. The third kappa shape index (κ3) is 3.86. The Morgan fingerprint density at radius 2 is 2.29 bits per heavy atom. The second kappa shape index (κ2) is 6.78. The van der Waals surface area contributed by atoms with Crippen LogP contribution >= 0.6 is 11.6 Å². The van der Waals surface area contributed by atoms with Gasteiger partial charge in [0.15, 0.2) is 6.10 Å². The van der Waals surface area contributed by atoms with E-state index in [4.69, 9.17) is 22.1 Å². The Kier molecular flexibility index (Phi) is 5.03. The number of nitrogens with two attached hydrogens (primary N) is 1. The lowest BCUT2D eigenvalue weighted by molar-refractivity contribution is -0.145. The summed E-state index contributed by atoms with van der Waals surface area (Å²) in [6, 6.07) is 6.18. The zero-order chi connectivity index (χ0) is 15.4. The van der Waals surface area contributed by atoms with Gasteiger partial charge in [-0.25, -0.2) is 0 Å². The van der Waals surface area contributed by atoms with E-state index in [1.807, 2.05) is 0 Å². The average Bonchev–Trinajstić information content (AvgIpc) is 2.46. The van der Waals surface area contributed by atoms with Crippen molar-refractivity contribution in [3.63, 3.8) is 0 Å². The first kappa shape index (κ1) is 15.6. The monoisotopic (exact) mass is 311 g/mol. The Morgan fingerprint density at radius 3 is 2.95 bits per heavy atom. The van der Waals surface area contributed by atoms with E-state index in [9.17, 15) is 9.59 Å². The molecule has 1 aromatic rings. The molecular weight excluding hydrogens is 294 g/mol. The van der Waals surface area contributed by atoms with Crippen molar-refractivity contribution in [2.75, 3.05) is 19.6 Å². The van der Waals surface area contributed by atoms with Gasteiger partial charge in [-0.15, -0.1) is 0 Å². The van der Waals surface area contributed by atoms with Crippen molar-refractivity contribution < 1.29 is 14.3 Å². The lowest BCUT2D eigenvalue weighted by Crippen LogP contribution is -2.60. The van der Waals surface area contributed by atoms with Crippen molar-refractivity contribution in [2.24, 2.45) is 5.73 Å². The predicted molar refractivity (Wildman–Crippen MR) is 79.1 cm³/mol. The van der Waals surface area contributed by atoms with Gasteiger partial charge < -0.3 is 20.7 Å². The summed E-state index contributed by atoms with van der Waals surface area (Å²) in [4.78, 5) is 25.3. The first-order valence-corrected chi connectivity index (χ1v) is 7.09. The van der Waals surface area contributed by atoms with Crippen LogP contribution in [0.2, 0.25) is 5.02 Å². The lowest BCUT2D eigenvalue weighted by atomic mass is 10.1. The van der Waals surface area contributed by atoms with Crippen LogP contribution < -0.4 is 15.8 Å². The van der Waals surface area contributed by atoms with Gasteiger partial charge in [0.05, 0.1) is 0 Å². The molecule has 2 rings (SSSR count). The fraction of sp³-hybridized carbons (Fsp3) is 0.429. The third-order valence-corrected chi connectivity index (χ3v) is 3.55. The van der Waals surface area contributed by atoms with Crippen LogP contribution in [0.25, 0.3) is 0 Å². The number of rotatable bonds is 4. The first-order valence-electron chi connectivity index (χ1n) is 6.72. The molecule has 1 aliphatic rings. The maximum atomic E-state index is 12.4. The van der Waals surface area contributed by atoms with E-state index in [2.05, 4.69) is 5.32 Å². The summed E-state index contributed by atoms with van der Waals surface area (Å²) < 4.78 is 5.59. The number of nitrogens with zero attached hydrogens (tertiary/aromatic N) is 1. The Balaban J connectivity index is 2.05. The van der Waals surface area contributed by atoms with E-state index in [0.29, 0.717) is 30.4 Å². The van der Waals surface area contributed by atoms with Crippen molar-refractivity contribution in [3.05, 3.63) is 29.3 Å². The summed E-state index contributed by atoms with van der Waals surface area (Å²) in [5.74, 6) is -0.278. The van der Waals surface area contributed by atoms with Gasteiger partial charge in [-0.1, -0.05) is 17.7 Å². The highest BCUT2D eigenvalue weighted by Gasteiger charge is 2.33. The molecule has 0 radical (unpaired) electrons. The molecule has 3 N–H and O–H groups in total. The highest BCUT2D eigenvalue weighted by molar-refractivity contribution is 6.30. The van der Waals surface area contributed by atoms with Crippen molar-refractivity contribution >= 4 is 23.4 Å². The fourth-order valence-corrected chi connectivity index (χ4v) is 2.43. The van der Waals surface area contributed by atoms with Gasteiger partial charge in [0, 0.05) is 24.7 Å². The summed E-state index contributed by atoms with van der Waals surface area (Å²) in [6.07, 6.45) is -0.719. The number of carbonyl (C=O) groups is 2. The molecule has 6 nitrogen and oxygen atoms in total. The number of hydrogen-bond acceptors (Lipinski definition) is 4. The summed E-state index contributed by atoms with van der Waals surface area (Å²) in [5, 5.41) is 3.58. The van der Waals surface area contributed by atoms with Gasteiger partial charge in [0.2, 0.25) is 5.91 Å². The summed E-state index contributed by atoms with van der Waals surface area (Å²) in [6.45, 7) is 3.06. The van der Waals surface area contributed by atoms with E-state index >= 15 is 0 Å². The van der Waals surface area contributed by atoms with Crippen molar-refractivity contribution in [1.82, 2.24) is 10.2 Å². The zero-order valence-corrected chi connectivity index (χ0v) is 12.5. The van der Waals surface area contributed by atoms with Crippen LogP contribution in [0.5, 0.6) is 5.75 Å². The van der Waals surface area contributed by atoms with Crippen molar-refractivity contribution in [3.8, 4) is 5.75 Å². The number of piperazine rings is 1. The Hall–Kier alpha value is -1.79. The average molecular weight is 312 g/mol. The number of hydrogen-bond donors (Lipinski definition) is 2. The SMILES string of the molecule is CC(Oc1cccc(Cl)c1)C(=O)N1CCNCC1C(N)=O. The van der Waals surface area contributed by atoms with Crippen molar-refractivity contribution in [2.45, 2.75) is 19.1 Å². The number of amides is 2. The van der Waals surface area contributed by atoms with E-state index in [-0.39, 0.29) is 5.91 Å². The second-order valence-electron chi connectivity index (χ2n) is 4.87. The number of benzene rings is 1. The fourth-order valence-electron chi connectivity index (χ4n) is 2.25. The molecule has 7 heteroatoms. The smallest absolute Gasteiger partial charge is 0.264 e. The Bertz CT molecular complexity index is 538. The van der Waals surface area contributed by atoms with Crippen molar-refractivity contribution in [1.29, 1.82) is 0 Å². The van der Waals surface area contributed by atoms with Crippen LogP contribution in [0.15, 0.2) is 24.3 Å². The maximum Gasteiger partial charge on any atom is 0.264 e. The van der Waals surface area contributed by atoms with Crippen LogP contribution in [0.1, 0.15) is 6.92 Å². The molecule has 1 aromatic carbocycles. The van der Waals surface area contributed by atoms with Gasteiger partial charge in [-0.2, -0.15) is 0 Å². The minimum atomic E-state index is -0.719. The van der Waals surface area contributed by atoms with E-state index < -0.39 is 18.1 Å². The van der Waals surface area contributed by atoms with Gasteiger partial charge >= 0.3 is 0 Å². The molecular formula is C14H18ClN3O3. The normalized spacial score (nSPS) is 19.9. The van der Waals surface area contributed by atoms with Crippen LogP contribution in [-0.2, 0) is 9.59 Å². The topological polar surface area (TPSA) is 84.7 Å². The molecule has 0 aliphatic carbocycles. The highest BCUT2D eigenvalue weighted by atomic mass is 35.5. The minimum absolute atomic E-state index is 0.264. The number of ether oxygens (including phenoxy) is 1. The van der Waals surface area contributed by atoms with Crippen LogP contribution in [0.4, 0.5) is 0 Å². The summed E-state index contributed by atoms with van der Waals surface area (Å²) >= 11 is 5.88. The lowest BCUT2D eigenvalue weighted by Gasteiger charge is -2.35. The molecule has 0 spiro atoms. The predicted octanol–water partition coefficient (Wildman–Crippen LogP) is 0.393. The van der Waals surface area contributed by atoms with Crippen LogP contribution in [0, 0.1) is 0 Å². The molecule has 0 aromatic heterocycles. The van der Waals surface area contributed by atoms with Gasteiger partial charge in [-0.3, -0.25) is 9.59 Å². The molecule has 0 saturated carbocycles. The van der Waals surface area contributed by atoms with Gasteiger partial charge in [0.1, 0.15) is 11.8 Å². The first-order chi connectivity index (χ1) is 9.99. The minimum Gasteiger partial charge on any atom is -0.481 e. The molecule has 1 saturated heterocycles. The molecule has 114 valence electrons. The number of primary amides is 1. The molecule has 21 heavy (non-hydrogen) atoms.